The van der Waals surface area contributed by atoms with Gasteiger partial charge in [0.25, 0.3) is 0 Å². The molecule has 0 spiro atoms. The van der Waals surface area contributed by atoms with Crippen LogP contribution in [0.3, 0.4) is 0 Å². The fourth-order valence-corrected chi connectivity index (χ4v) is 8.83. The van der Waals surface area contributed by atoms with Crippen molar-refractivity contribution in [3.8, 4) is 22.8 Å². The third-order valence-corrected chi connectivity index (χ3v) is 12.5. The molecule has 0 aliphatic carbocycles. The van der Waals surface area contributed by atoms with Gasteiger partial charge in [0.05, 0.1) is 31.7 Å². The van der Waals surface area contributed by atoms with Crippen molar-refractivity contribution < 1.29 is 52.2 Å². The minimum Gasteiger partial charge on any atom is -0.436 e. The van der Waals surface area contributed by atoms with Gasteiger partial charge in [0.2, 0.25) is 5.89 Å². The molecule has 2 aromatic heterocycles. The highest BCUT2D eigenvalue weighted by atomic mass is 32.3. The van der Waals surface area contributed by atoms with Gasteiger partial charge in [-0.05, 0) is 27.8 Å². The summed E-state index contributed by atoms with van der Waals surface area (Å²) in [5.41, 5.74) is -11.2. The van der Waals surface area contributed by atoms with E-state index in [4.69, 9.17) is 4.42 Å². The Morgan fingerprint density at radius 2 is 1.19 bits per heavy atom. The number of sulfonamides is 2. The summed E-state index contributed by atoms with van der Waals surface area (Å²) in [4.78, 5) is 4.27. The number of aryl methyl sites for hydroxylation is 1. The van der Waals surface area contributed by atoms with Crippen LogP contribution in [0.15, 0.2) is 77.6 Å². The van der Waals surface area contributed by atoms with E-state index in [1.807, 2.05) is 30.3 Å². The van der Waals surface area contributed by atoms with Gasteiger partial charge in [-0.3, -0.25) is 0 Å². The number of halogens is 6. The van der Waals surface area contributed by atoms with Crippen LogP contribution in [0.25, 0.3) is 22.8 Å². The Hall–Kier alpha value is -3.86. The van der Waals surface area contributed by atoms with E-state index in [0.29, 0.717) is 23.3 Å². The molecule has 298 valence electrons. The first-order valence-corrected chi connectivity index (χ1v) is 21.1. The fourth-order valence-electron chi connectivity index (χ4n) is 6.07. The predicted molar refractivity (Wildman–Crippen MR) is 194 cm³/mol. The van der Waals surface area contributed by atoms with Crippen molar-refractivity contribution in [1.82, 2.24) is 9.55 Å². The zero-order valence-corrected chi connectivity index (χ0v) is 31.8. The van der Waals surface area contributed by atoms with Crippen molar-refractivity contribution in [2.75, 3.05) is 3.71 Å². The van der Waals surface area contributed by atoms with Crippen molar-refractivity contribution in [1.29, 1.82) is 0 Å². The molecule has 2 heterocycles. The average Bonchev–Trinajstić information content (AvgIpc) is 3.76. The van der Waals surface area contributed by atoms with E-state index in [2.05, 4.69) is 11.9 Å². The summed E-state index contributed by atoms with van der Waals surface area (Å²) in [5.74, 6) is -0.581. The van der Waals surface area contributed by atoms with Crippen LogP contribution in [0.2, 0.25) is 0 Å². The zero-order valence-electron chi connectivity index (χ0n) is 30.2. The lowest BCUT2D eigenvalue weighted by atomic mass is 10.0. The van der Waals surface area contributed by atoms with E-state index < -0.39 is 47.3 Å². The number of hydrogen-bond acceptors (Lipinski definition) is 6. The predicted octanol–water partition coefficient (Wildman–Crippen LogP) is 10.1. The van der Waals surface area contributed by atoms with Gasteiger partial charge >= 0.3 is 37.0 Å². The highest BCUT2D eigenvalue weighted by Gasteiger charge is 2.67. The summed E-state index contributed by atoms with van der Waals surface area (Å²) in [5, 5.41) is 0. The van der Waals surface area contributed by atoms with Gasteiger partial charge in [-0.2, -0.15) is 43.2 Å². The highest BCUT2D eigenvalue weighted by Crippen LogP contribution is 2.38. The molecule has 0 amide bonds. The van der Waals surface area contributed by atoms with Gasteiger partial charge < -0.3 is 4.42 Å². The van der Waals surface area contributed by atoms with E-state index in [1.165, 1.54) is 63.3 Å². The number of anilines is 1. The maximum absolute atomic E-state index is 13.9. The number of alkyl halides is 6. The number of benzene rings is 2. The Balaban J connectivity index is 1.50. The Labute approximate surface area is 313 Å². The van der Waals surface area contributed by atoms with Crippen LogP contribution in [-0.4, -0.2) is 37.4 Å². The summed E-state index contributed by atoms with van der Waals surface area (Å²) >= 11 is 0. The fraction of sp³-hybridized carbons (Fsp3) is 0.514. The molecular formula is C37H47F6N4O5S2+. The number of rotatable bonds is 22. The van der Waals surface area contributed by atoms with Gasteiger partial charge in [-0.1, -0.05) is 133 Å². The maximum Gasteiger partial charge on any atom is 0.531 e. The number of hydrogen-bond donors (Lipinski definition) is 0. The molecule has 0 N–H and O–H groups in total. The van der Waals surface area contributed by atoms with Gasteiger partial charge in [0.15, 0.2) is 5.76 Å². The molecule has 17 heteroatoms. The minimum atomic E-state index is -7.10. The quantitative estimate of drug-likeness (QED) is 0.0445. The molecule has 0 radical (unpaired) electrons. The summed E-state index contributed by atoms with van der Waals surface area (Å²) < 4.78 is 140. The van der Waals surface area contributed by atoms with E-state index in [1.54, 1.807) is 12.1 Å². The van der Waals surface area contributed by atoms with Crippen LogP contribution < -0.4 is 8.28 Å². The molecule has 4 aromatic rings. The largest absolute Gasteiger partial charge is 0.531 e. The first-order valence-electron chi connectivity index (χ1n) is 18.2. The van der Waals surface area contributed by atoms with Crippen molar-refractivity contribution in [2.24, 2.45) is 0 Å². The summed E-state index contributed by atoms with van der Waals surface area (Å²) in [6, 6.07) is 15.2. The van der Waals surface area contributed by atoms with Gasteiger partial charge in [0.1, 0.15) is 0 Å². The highest BCUT2D eigenvalue weighted by molar-refractivity contribution is 8.11. The second kappa shape index (κ2) is 19.1. The van der Waals surface area contributed by atoms with Crippen molar-refractivity contribution in [3.05, 3.63) is 78.8 Å². The maximum atomic E-state index is 13.9. The zero-order chi connectivity index (χ0) is 39.4. The molecule has 54 heavy (non-hydrogen) atoms. The van der Waals surface area contributed by atoms with Crippen LogP contribution in [0.1, 0.15) is 102 Å². The first-order chi connectivity index (χ1) is 25.6. The van der Waals surface area contributed by atoms with Crippen LogP contribution in [0.4, 0.5) is 32.3 Å². The summed E-state index contributed by atoms with van der Waals surface area (Å²) in [6.07, 6.45) is 17.8. The van der Waals surface area contributed by atoms with Crippen molar-refractivity contribution >= 4 is 26.0 Å². The number of unbranched alkanes of at least 4 members (excludes halogenated alkanes) is 13. The Bertz CT molecular complexity index is 1920. The third-order valence-electron chi connectivity index (χ3n) is 9.00. The van der Waals surface area contributed by atoms with Crippen LogP contribution in [0, 0.1) is 0 Å². The van der Waals surface area contributed by atoms with E-state index in [-0.39, 0.29) is 18.9 Å². The first kappa shape index (κ1) is 42.9. The van der Waals surface area contributed by atoms with Crippen LogP contribution in [-0.2, 0) is 33.1 Å². The van der Waals surface area contributed by atoms with Gasteiger partial charge in [-0.15, -0.1) is 0 Å². The normalized spacial score (nSPS) is 12.7. The van der Waals surface area contributed by atoms with Gasteiger partial charge in [-0.25, -0.2) is 14.1 Å². The SMILES string of the molecule is CCCCCCCCCCCCCCCCn1cc[n+](Cc2ccc(-c3ncc(-c4ccccc4)o3)cc2)c1N(S(=O)(=O)C(F)(F)F)S(=O)(=O)C(F)(F)F. The van der Waals surface area contributed by atoms with E-state index in [9.17, 15) is 43.2 Å². The molecule has 0 aliphatic heterocycles. The molecule has 0 saturated carbocycles. The number of nitrogens with zero attached hydrogens (tertiary/aromatic N) is 4. The monoisotopic (exact) mass is 805 g/mol. The van der Waals surface area contributed by atoms with Crippen LogP contribution >= 0.6 is 0 Å². The second-order valence-electron chi connectivity index (χ2n) is 13.2. The molecule has 0 atom stereocenters. The van der Waals surface area contributed by atoms with E-state index in [0.717, 1.165) is 59.2 Å². The number of imidazole rings is 1. The lowest BCUT2D eigenvalue weighted by Gasteiger charge is -2.21. The lowest BCUT2D eigenvalue weighted by Crippen LogP contribution is -2.54. The molecule has 0 aliphatic rings. The minimum absolute atomic E-state index is 0.232. The van der Waals surface area contributed by atoms with E-state index >= 15 is 0 Å². The molecule has 2 aromatic carbocycles. The third kappa shape index (κ3) is 11.1. The smallest absolute Gasteiger partial charge is 0.436 e. The van der Waals surface area contributed by atoms with Crippen molar-refractivity contribution in [2.45, 2.75) is 121 Å². The Morgan fingerprint density at radius 1 is 0.685 bits per heavy atom. The Morgan fingerprint density at radius 3 is 1.69 bits per heavy atom. The Kier molecular flexibility index (Phi) is 15.2. The second-order valence-corrected chi connectivity index (χ2v) is 17.0. The molecule has 0 bridgehead atoms. The standard InChI is InChI=1S/C37H47F6N4O5S2/c1-2-3-4-5-6-7-8-9-10-11-12-13-14-18-25-45-26-27-46(35(45)47(53(48,49)36(38,39)40)54(50,51)37(41,42)43)29-30-21-23-32(24-22-30)34-44-28-33(52-34)31-19-16-15-17-20-31/h15-17,19-24,26-28H,2-14,18,25,29H2,1H3/q+1. The molecule has 9 nitrogen and oxygen atoms in total. The molecular weight excluding hydrogens is 759 g/mol. The summed E-state index contributed by atoms with van der Waals surface area (Å²) in [6.45, 7) is 1.48. The van der Waals surface area contributed by atoms with Crippen LogP contribution in [0.5, 0.6) is 0 Å². The number of oxazole rings is 1. The molecule has 0 unspecified atom stereocenters. The topological polar surface area (TPSA) is 106 Å². The number of aromatic nitrogens is 3. The van der Waals surface area contributed by atoms with Gasteiger partial charge in [0, 0.05) is 11.1 Å². The lowest BCUT2D eigenvalue weighted by molar-refractivity contribution is -0.674. The molecule has 4 rings (SSSR count). The molecule has 0 fully saturated rings. The summed E-state index contributed by atoms with van der Waals surface area (Å²) in [7, 11) is -14.2. The van der Waals surface area contributed by atoms with Crippen molar-refractivity contribution in [3.63, 3.8) is 0 Å². The average molecular weight is 806 g/mol. The molecule has 0 saturated heterocycles.